The topological polar surface area (TPSA) is 106 Å². The number of ether oxygens (including phenoxy) is 1. The number of hydrogen-bond acceptors (Lipinski definition) is 6. The molecule has 3 N–H and O–H groups in total. The fraction of sp³-hybridized carbons (Fsp3) is 0.333. The van der Waals surface area contributed by atoms with Crippen LogP contribution in [0.3, 0.4) is 0 Å². The monoisotopic (exact) mass is 305 g/mol. The summed E-state index contributed by atoms with van der Waals surface area (Å²) in [6.07, 6.45) is 1.32. The second kappa shape index (κ2) is 9.39. The first-order valence-corrected chi connectivity index (χ1v) is 6.67. The van der Waals surface area contributed by atoms with Gasteiger partial charge >= 0.3 is 0 Å². The molecule has 1 amide bonds. The highest BCUT2D eigenvalue weighted by atomic mass is 16.5. The van der Waals surface area contributed by atoms with Gasteiger partial charge in [-0.15, -0.1) is 0 Å². The standard InChI is InChI=1S/C15H19N3O4/c1-22-14-4-2-13(3-5-14)17-15(21)12(10-16)11-18(6-8-19)7-9-20/h2-5,11,19-20H,6-9H2,1H3,(H,17,21)/b12-11-. The zero-order valence-corrected chi connectivity index (χ0v) is 12.3. The number of carbonyl (C=O) groups excluding carboxylic acids is 1. The minimum Gasteiger partial charge on any atom is -0.497 e. The maximum atomic E-state index is 12.1. The van der Waals surface area contributed by atoms with Gasteiger partial charge in [0.2, 0.25) is 0 Å². The highest BCUT2D eigenvalue weighted by Gasteiger charge is 2.11. The van der Waals surface area contributed by atoms with Gasteiger partial charge in [-0.05, 0) is 24.3 Å². The molecule has 0 saturated carbocycles. The Morgan fingerprint density at radius 2 is 1.91 bits per heavy atom. The number of aliphatic hydroxyl groups is 2. The van der Waals surface area contributed by atoms with Gasteiger partial charge in [-0.3, -0.25) is 4.79 Å². The average molecular weight is 305 g/mol. The van der Waals surface area contributed by atoms with Crippen LogP contribution in [0, 0.1) is 11.3 Å². The quantitative estimate of drug-likeness (QED) is 0.472. The Hall–Kier alpha value is -2.56. The van der Waals surface area contributed by atoms with Crippen molar-refractivity contribution in [3.8, 4) is 11.8 Å². The van der Waals surface area contributed by atoms with E-state index in [0.29, 0.717) is 11.4 Å². The number of rotatable bonds is 8. The van der Waals surface area contributed by atoms with Crippen molar-refractivity contribution in [1.29, 1.82) is 5.26 Å². The van der Waals surface area contributed by atoms with E-state index >= 15 is 0 Å². The van der Waals surface area contributed by atoms with Crippen molar-refractivity contribution in [2.45, 2.75) is 0 Å². The van der Waals surface area contributed by atoms with Crippen molar-refractivity contribution >= 4 is 11.6 Å². The molecule has 0 saturated heterocycles. The number of benzene rings is 1. The van der Waals surface area contributed by atoms with Crippen LogP contribution in [0.2, 0.25) is 0 Å². The number of aliphatic hydroxyl groups excluding tert-OH is 2. The Morgan fingerprint density at radius 1 is 1.32 bits per heavy atom. The van der Waals surface area contributed by atoms with Crippen LogP contribution in [0.5, 0.6) is 5.75 Å². The highest BCUT2D eigenvalue weighted by molar-refractivity contribution is 6.06. The lowest BCUT2D eigenvalue weighted by Gasteiger charge is -2.18. The maximum absolute atomic E-state index is 12.1. The van der Waals surface area contributed by atoms with Gasteiger partial charge in [-0.1, -0.05) is 0 Å². The maximum Gasteiger partial charge on any atom is 0.267 e. The van der Waals surface area contributed by atoms with Crippen LogP contribution in [-0.2, 0) is 4.79 Å². The molecule has 0 aliphatic rings. The molecule has 118 valence electrons. The van der Waals surface area contributed by atoms with Gasteiger partial charge in [0.05, 0.1) is 20.3 Å². The average Bonchev–Trinajstić information content (AvgIpc) is 2.53. The van der Waals surface area contributed by atoms with Crippen molar-refractivity contribution in [3.63, 3.8) is 0 Å². The van der Waals surface area contributed by atoms with E-state index in [1.165, 1.54) is 11.1 Å². The van der Waals surface area contributed by atoms with E-state index in [9.17, 15) is 4.79 Å². The van der Waals surface area contributed by atoms with Gasteiger partial charge in [-0.25, -0.2) is 0 Å². The van der Waals surface area contributed by atoms with Gasteiger partial charge < -0.3 is 25.2 Å². The minimum atomic E-state index is -0.562. The molecule has 0 fully saturated rings. The minimum absolute atomic E-state index is 0.113. The summed E-state index contributed by atoms with van der Waals surface area (Å²) in [4.78, 5) is 13.6. The van der Waals surface area contributed by atoms with E-state index in [0.717, 1.165) is 0 Å². The molecule has 1 aromatic carbocycles. The fourth-order valence-electron chi connectivity index (χ4n) is 1.69. The Labute approximate surface area is 129 Å². The summed E-state index contributed by atoms with van der Waals surface area (Å²) in [6.45, 7) is 0.160. The smallest absolute Gasteiger partial charge is 0.267 e. The third kappa shape index (κ3) is 5.44. The molecule has 0 bridgehead atoms. The first-order chi connectivity index (χ1) is 10.6. The molecule has 0 spiro atoms. The molecule has 7 heteroatoms. The lowest BCUT2D eigenvalue weighted by molar-refractivity contribution is -0.112. The molecule has 22 heavy (non-hydrogen) atoms. The first-order valence-electron chi connectivity index (χ1n) is 6.67. The number of nitrogens with zero attached hydrogens (tertiary/aromatic N) is 2. The molecule has 0 aliphatic heterocycles. The summed E-state index contributed by atoms with van der Waals surface area (Å²) < 4.78 is 5.02. The molecule has 7 nitrogen and oxygen atoms in total. The Morgan fingerprint density at radius 3 is 2.36 bits per heavy atom. The number of anilines is 1. The largest absolute Gasteiger partial charge is 0.497 e. The summed E-state index contributed by atoms with van der Waals surface area (Å²) in [5.74, 6) is 0.0969. The molecule has 0 unspecified atom stereocenters. The number of amides is 1. The summed E-state index contributed by atoms with van der Waals surface area (Å²) in [5, 5.41) is 29.5. The van der Waals surface area contributed by atoms with E-state index in [-0.39, 0.29) is 31.9 Å². The summed E-state index contributed by atoms with van der Waals surface area (Å²) in [7, 11) is 1.54. The molecule has 1 rings (SSSR count). The van der Waals surface area contributed by atoms with Gasteiger partial charge in [0.25, 0.3) is 5.91 Å². The third-order valence-corrected chi connectivity index (χ3v) is 2.80. The van der Waals surface area contributed by atoms with Crippen LogP contribution < -0.4 is 10.1 Å². The number of nitrogens with one attached hydrogen (secondary N) is 1. The van der Waals surface area contributed by atoms with Gasteiger partial charge in [0.1, 0.15) is 17.4 Å². The van der Waals surface area contributed by atoms with Crippen LogP contribution in [0.4, 0.5) is 5.69 Å². The lowest BCUT2D eigenvalue weighted by Crippen LogP contribution is -2.26. The summed E-state index contributed by atoms with van der Waals surface area (Å²) >= 11 is 0. The highest BCUT2D eigenvalue weighted by Crippen LogP contribution is 2.15. The molecule has 1 aromatic rings. The molecule has 0 aliphatic carbocycles. The van der Waals surface area contributed by atoms with Gasteiger partial charge in [0.15, 0.2) is 0 Å². The van der Waals surface area contributed by atoms with Gasteiger partial charge in [-0.2, -0.15) is 5.26 Å². The van der Waals surface area contributed by atoms with Crippen molar-refractivity contribution in [3.05, 3.63) is 36.0 Å². The predicted molar refractivity (Wildman–Crippen MR) is 81.1 cm³/mol. The predicted octanol–water partition coefficient (Wildman–Crippen LogP) is 0.328. The van der Waals surface area contributed by atoms with E-state index in [4.69, 9.17) is 20.2 Å². The van der Waals surface area contributed by atoms with Crippen molar-refractivity contribution in [2.24, 2.45) is 0 Å². The van der Waals surface area contributed by atoms with Crippen LogP contribution >= 0.6 is 0 Å². The molecule has 0 heterocycles. The number of nitriles is 1. The van der Waals surface area contributed by atoms with E-state index in [2.05, 4.69) is 5.32 Å². The van der Waals surface area contributed by atoms with E-state index in [1.54, 1.807) is 31.4 Å². The third-order valence-electron chi connectivity index (χ3n) is 2.80. The van der Waals surface area contributed by atoms with E-state index in [1.807, 2.05) is 6.07 Å². The normalized spacial score (nSPS) is 10.7. The van der Waals surface area contributed by atoms with Crippen LogP contribution in [0.25, 0.3) is 0 Å². The van der Waals surface area contributed by atoms with Crippen molar-refractivity contribution < 1.29 is 19.7 Å². The second-order valence-electron chi connectivity index (χ2n) is 4.32. The molecule has 0 aromatic heterocycles. The van der Waals surface area contributed by atoms with E-state index < -0.39 is 5.91 Å². The van der Waals surface area contributed by atoms with Crippen molar-refractivity contribution in [2.75, 3.05) is 38.7 Å². The van der Waals surface area contributed by atoms with Crippen LogP contribution in [0.1, 0.15) is 0 Å². The molecule has 0 atom stereocenters. The van der Waals surface area contributed by atoms with Crippen molar-refractivity contribution in [1.82, 2.24) is 4.90 Å². The molecular weight excluding hydrogens is 286 g/mol. The zero-order chi connectivity index (χ0) is 16.4. The lowest BCUT2D eigenvalue weighted by atomic mass is 10.2. The first kappa shape index (κ1) is 17.5. The summed E-state index contributed by atoms with van der Waals surface area (Å²) in [6, 6.07) is 8.51. The molecule has 0 radical (unpaired) electrons. The molecular formula is C15H19N3O4. The number of carbonyl (C=O) groups is 1. The number of hydrogen-bond donors (Lipinski definition) is 3. The second-order valence-corrected chi connectivity index (χ2v) is 4.32. The van der Waals surface area contributed by atoms with Crippen LogP contribution in [-0.4, -0.2) is 54.4 Å². The fourth-order valence-corrected chi connectivity index (χ4v) is 1.69. The zero-order valence-electron chi connectivity index (χ0n) is 12.3. The summed E-state index contributed by atoms with van der Waals surface area (Å²) in [5.41, 5.74) is 0.417. The SMILES string of the molecule is COc1ccc(NC(=O)/C(C#N)=C\N(CCO)CCO)cc1. The Bertz CT molecular complexity index is 543. The Balaban J connectivity index is 2.80. The van der Waals surface area contributed by atoms with Crippen LogP contribution in [0.15, 0.2) is 36.0 Å². The number of methoxy groups -OCH3 is 1. The Kier molecular flexibility index (Phi) is 7.47. The van der Waals surface area contributed by atoms with Gasteiger partial charge in [0, 0.05) is 25.0 Å².